The number of hydrogen-bond donors (Lipinski definition) is 0. The molecule has 0 saturated carbocycles. The van der Waals surface area contributed by atoms with E-state index in [1.54, 1.807) is 14.2 Å². The Bertz CT molecular complexity index is 59.5. The molecular formula is C6H16O4Sn2. The molecule has 0 unspecified atom stereocenters. The second-order valence-corrected chi connectivity index (χ2v) is 6.37. The quantitative estimate of drug-likeness (QED) is 0.487. The summed E-state index contributed by atoms with van der Waals surface area (Å²) in [5, 5.41) is 0. The Morgan fingerprint density at radius 2 is 1.25 bits per heavy atom. The van der Waals surface area contributed by atoms with Crippen LogP contribution >= 0.6 is 0 Å². The molecule has 0 aromatic carbocycles. The van der Waals surface area contributed by atoms with E-state index in [4.69, 9.17) is 6.15 Å². The fourth-order valence-electron chi connectivity index (χ4n) is 0.243. The average Bonchev–Trinajstić information content (AvgIpc) is 2.08. The molecule has 0 aromatic rings. The van der Waals surface area contributed by atoms with Crippen LogP contribution in [0.4, 0.5) is 0 Å². The molecule has 0 rings (SSSR count). The Labute approximate surface area is 96.9 Å². The summed E-state index contributed by atoms with van der Waals surface area (Å²) in [5.41, 5.74) is 0. The second kappa shape index (κ2) is 18.3. The Hall–Kier alpha value is 1.44. The summed E-state index contributed by atoms with van der Waals surface area (Å²) in [4.78, 5) is 0. The van der Waals surface area contributed by atoms with Gasteiger partial charge in [0.25, 0.3) is 0 Å². The molecule has 72 valence electrons. The molecule has 4 nitrogen and oxygen atoms in total. The van der Waals surface area contributed by atoms with Crippen LogP contribution in [-0.2, 0) is 12.3 Å². The fourth-order valence-corrected chi connectivity index (χ4v) is 1.63. The van der Waals surface area contributed by atoms with E-state index in [9.17, 15) is 0 Å². The summed E-state index contributed by atoms with van der Waals surface area (Å²) < 4.78 is 19.3. The van der Waals surface area contributed by atoms with E-state index in [1.165, 1.54) is 0 Å². The summed E-state index contributed by atoms with van der Waals surface area (Å²) in [6.45, 7) is 5.60. The first-order valence-electron chi connectivity index (χ1n) is 3.62. The molecule has 0 bridgehead atoms. The Morgan fingerprint density at radius 3 is 1.42 bits per heavy atom. The normalized spacial score (nSPS) is 9.00. The molecule has 0 atom stereocenters. The molecule has 0 N–H and O–H groups in total. The number of hydrogen-bond acceptors (Lipinski definition) is 4. The molecule has 0 aliphatic rings. The van der Waals surface area contributed by atoms with Crippen molar-refractivity contribution >= 4 is 43.9 Å². The molecule has 0 fully saturated rings. The van der Waals surface area contributed by atoms with Crippen molar-refractivity contribution in [3.63, 3.8) is 0 Å². The third-order valence-electron chi connectivity index (χ3n) is 0.573. The first-order chi connectivity index (χ1) is 5.83. The minimum atomic E-state index is -0.819. The van der Waals surface area contributed by atoms with Crippen LogP contribution in [0.2, 0.25) is 0 Å². The summed E-state index contributed by atoms with van der Waals surface area (Å²) in [7, 11) is 3.32. The Balaban J connectivity index is 0. The topological polar surface area (TPSA) is 36.9 Å². The summed E-state index contributed by atoms with van der Waals surface area (Å²) in [6, 6.07) is 0. The molecule has 0 aromatic heterocycles. The molecule has 0 saturated heterocycles. The first-order valence-corrected chi connectivity index (χ1v) is 8.29. The molecule has 12 heavy (non-hydrogen) atoms. The van der Waals surface area contributed by atoms with Crippen molar-refractivity contribution in [1.29, 1.82) is 0 Å². The van der Waals surface area contributed by atoms with Crippen LogP contribution in [0.25, 0.3) is 0 Å². The first kappa shape index (κ1) is 15.9. The van der Waals surface area contributed by atoms with E-state index >= 15 is 0 Å². The van der Waals surface area contributed by atoms with Crippen molar-refractivity contribution in [2.75, 3.05) is 27.4 Å². The van der Waals surface area contributed by atoms with Gasteiger partial charge in [0.05, 0.1) is 0 Å². The molecule has 0 heterocycles. The van der Waals surface area contributed by atoms with Crippen LogP contribution in [0.3, 0.4) is 0 Å². The molecule has 0 spiro atoms. The summed E-state index contributed by atoms with van der Waals surface area (Å²) in [6.07, 6.45) is 0. The predicted molar refractivity (Wildman–Crippen MR) is 48.8 cm³/mol. The van der Waals surface area contributed by atoms with Crippen molar-refractivity contribution in [2.45, 2.75) is 13.8 Å². The third-order valence-corrected chi connectivity index (χ3v) is 3.85. The zero-order valence-electron chi connectivity index (χ0n) is 8.05. The van der Waals surface area contributed by atoms with Gasteiger partial charge in [-0.15, -0.1) is 0 Å². The van der Waals surface area contributed by atoms with Crippen LogP contribution in [0.5, 0.6) is 0 Å². The van der Waals surface area contributed by atoms with E-state index < -0.39 is 43.9 Å². The van der Waals surface area contributed by atoms with Gasteiger partial charge in [-0.1, -0.05) is 0 Å². The van der Waals surface area contributed by atoms with Gasteiger partial charge >= 0.3 is 97.5 Å². The van der Waals surface area contributed by atoms with Crippen molar-refractivity contribution in [2.24, 2.45) is 0 Å². The van der Waals surface area contributed by atoms with Gasteiger partial charge in [0, 0.05) is 0 Å². The molecule has 0 aliphatic heterocycles. The standard InChI is InChI=1S/2C2H5O.2CH3O.2Sn/c2*1-2-3;2*1-2;;/h2*2H2,1H3;2*1H3;;/q4*-1;2*+2. The molecular weight excluding hydrogens is 373 g/mol. The van der Waals surface area contributed by atoms with Crippen molar-refractivity contribution < 1.29 is 12.3 Å². The maximum absolute atomic E-state index is 5.02. The van der Waals surface area contributed by atoms with E-state index in [1.807, 2.05) is 13.8 Å². The van der Waals surface area contributed by atoms with Crippen LogP contribution in [0, 0.1) is 0 Å². The fraction of sp³-hybridized carbons (Fsp3) is 1.00. The molecule has 0 amide bonds. The van der Waals surface area contributed by atoms with Crippen LogP contribution in [0.15, 0.2) is 0 Å². The zero-order chi connectivity index (χ0) is 9.66. The van der Waals surface area contributed by atoms with Crippen molar-refractivity contribution in [3.8, 4) is 0 Å². The monoisotopic (exact) mass is 392 g/mol. The summed E-state index contributed by atoms with van der Waals surface area (Å²) >= 11 is -1.60. The zero-order valence-corrected chi connectivity index (χ0v) is 13.8. The van der Waals surface area contributed by atoms with Gasteiger partial charge in [0.2, 0.25) is 0 Å². The van der Waals surface area contributed by atoms with Crippen LogP contribution < -0.4 is 0 Å². The van der Waals surface area contributed by atoms with Crippen molar-refractivity contribution in [1.82, 2.24) is 0 Å². The average molecular weight is 390 g/mol. The van der Waals surface area contributed by atoms with E-state index in [2.05, 4.69) is 6.15 Å². The predicted octanol–water partition coefficient (Wildman–Crippen LogP) is 0.407. The second-order valence-electron chi connectivity index (χ2n) is 1.44. The van der Waals surface area contributed by atoms with Gasteiger partial charge in [-0.05, 0) is 0 Å². The molecule has 4 radical (unpaired) electrons. The SMILES string of the molecule is CC[O][Sn][O]CC.C[O][Sn][O]C. The van der Waals surface area contributed by atoms with Gasteiger partial charge in [0.15, 0.2) is 0 Å². The van der Waals surface area contributed by atoms with Crippen LogP contribution in [0.1, 0.15) is 13.8 Å². The van der Waals surface area contributed by atoms with Gasteiger partial charge in [-0.25, -0.2) is 0 Å². The van der Waals surface area contributed by atoms with E-state index in [0.29, 0.717) is 0 Å². The van der Waals surface area contributed by atoms with Crippen molar-refractivity contribution in [3.05, 3.63) is 0 Å². The molecule has 6 heteroatoms. The van der Waals surface area contributed by atoms with Gasteiger partial charge < -0.3 is 0 Å². The van der Waals surface area contributed by atoms with Gasteiger partial charge in [-0.3, -0.25) is 0 Å². The molecule has 0 aliphatic carbocycles. The van der Waals surface area contributed by atoms with E-state index in [-0.39, 0.29) is 0 Å². The minimum absolute atomic E-state index is 0.782. The number of rotatable bonds is 6. The van der Waals surface area contributed by atoms with E-state index in [0.717, 1.165) is 13.2 Å². The Morgan fingerprint density at radius 1 is 0.833 bits per heavy atom. The Kier molecular flexibility index (Phi) is 24.2. The van der Waals surface area contributed by atoms with Crippen LogP contribution in [-0.4, -0.2) is 71.4 Å². The third kappa shape index (κ3) is 22.5. The van der Waals surface area contributed by atoms with Gasteiger partial charge in [-0.2, -0.15) is 0 Å². The maximum atomic E-state index is 5.02. The van der Waals surface area contributed by atoms with Gasteiger partial charge in [0.1, 0.15) is 0 Å². The summed E-state index contributed by atoms with van der Waals surface area (Å²) in [5.74, 6) is 0.